The van der Waals surface area contributed by atoms with Gasteiger partial charge in [0, 0.05) is 14.2 Å². The zero-order valence-electron chi connectivity index (χ0n) is 7.36. The molecule has 74 valence electrons. The van der Waals surface area contributed by atoms with Crippen LogP contribution in [-0.4, -0.2) is 30.0 Å². The van der Waals surface area contributed by atoms with Gasteiger partial charge in [-0.3, -0.25) is 4.57 Å². The molecular weight excluding hydrogens is 247 g/mol. The van der Waals surface area contributed by atoms with Crippen LogP contribution in [0.4, 0.5) is 0 Å². The number of hydrogen-bond acceptors (Lipinski definition) is 4. The van der Waals surface area contributed by atoms with Crippen LogP contribution in [0.5, 0.6) is 0 Å². The van der Waals surface area contributed by atoms with Crippen LogP contribution < -0.4 is 0 Å². The van der Waals surface area contributed by atoms with Gasteiger partial charge in [0.1, 0.15) is 4.57 Å². The van der Waals surface area contributed by atoms with E-state index >= 15 is 0 Å². The predicted molar refractivity (Wildman–Crippen MR) is 50.6 cm³/mol. The number of halogens is 1. The Morgan fingerprint density at radius 1 is 1.50 bits per heavy atom. The van der Waals surface area contributed by atoms with Crippen LogP contribution in [0.2, 0.25) is 0 Å². The maximum atomic E-state index is 11.6. The second-order valence-electron chi connectivity index (χ2n) is 2.25. The Morgan fingerprint density at radius 3 is 2.17 bits per heavy atom. The van der Waals surface area contributed by atoms with Crippen LogP contribution in [-0.2, 0) is 13.6 Å². The minimum atomic E-state index is -3.18. The van der Waals surface area contributed by atoms with Crippen LogP contribution in [0.3, 0.4) is 0 Å². The molecule has 12 heavy (non-hydrogen) atoms. The van der Waals surface area contributed by atoms with Gasteiger partial charge in [-0.25, -0.2) is 0 Å². The number of aliphatic hydroxyl groups excluding tert-OH is 1. The van der Waals surface area contributed by atoms with E-state index in [1.54, 1.807) is 6.92 Å². The molecule has 0 radical (unpaired) electrons. The van der Waals surface area contributed by atoms with E-state index in [9.17, 15) is 9.67 Å². The van der Waals surface area contributed by atoms with Gasteiger partial charge < -0.3 is 14.2 Å². The summed E-state index contributed by atoms with van der Waals surface area (Å²) in [5, 5.41) is 9.35. The first-order chi connectivity index (χ1) is 5.51. The molecule has 0 saturated heterocycles. The van der Waals surface area contributed by atoms with Crippen LogP contribution in [0.15, 0.2) is 0 Å². The Balaban J connectivity index is 4.41. The zero-order chi connectivity index (χ0) is 9.78. The molecule has 0 aromatic carbocycles. The van der Waals surface area contributed by atoms with Crippen molar-refractivity contribution in [3.8, 4) is 0 Å². The van der Waals surface area contributed by atoms with Crippen molar-refractivity contribution in [1.29, 1.82) is 0 Å². The lowest BCUT2D eigenvalue weighted by molar-refractivity contribution is 0.170. The predicted octanol–water partition coefficient (Wildman–Crippen LogP) is 1.96. The second kappa shape index (κ2) is 5.35. The summed E-state index contributed by atoms with van der Waals surface area (Å²) in [6, 6.07) is 0. The van der Waals surface area contributed by atoms with Gasteiger partial charge >= 0.3 is 7.60 Å². The fourth-order valence-corrected chi connectivity index (χ4v) is 3.24. The molecule has 4 nitrogen and oxygen atoms in total. The fourth-order valence-electron chi connectivity index (χ4n) is 0.681. The molecular formula is C6H14BrO4P. The van der Waals surface area contributed by atoms with Gasteiger partial charge in [0.2, 0.25) is 0 Å². The van der Waals surface area contributed by atoms with Crippen molar-refractivity contribution >= 4 is 23.5 Å². The Bertz CT molecular complexity index is 167. The highest BCUT2D eigenvalue weighted by Crippen LogP contribution is 2.55. The van der Waals surface area contributed by atoms with Crippen molar-refractivity contribution in [1.82, 2.24) is 0 Å². The molecule has 2 unspecified atom stereocenters. The Kier molecular flexibility index (Phi) is 5.61. The molecule has 0 spiro atoms. The van der Waals surface area contributed by atoms with E-state index in [1.165, 1.54) is 14.2 Å². The molecule has 0 heterocycles. The average Bonchev–Trinajstić information content (AvgIpc) is 2.14. The van der Waals surface area contributed by atoms with Crippen molar-refractivity contribution < 1.29 is 18.7 Å². The van der Waals surface area contributed by atoms with Gasteiger partial charge in [0.15, 0.2) is 0 Å². The second-order valence-corrected chi connectivity index (χ2v) is 6.31. The highest BCUT2D eigenvalue weighted by atomic mass is 79.9. The summed E-state index contributed by atoms with van der Waals surface area (Å²) in [4.78, 5) is 0. The first kappa shape index (κ1) is 12.6. The van der Waals surface area contributed by atoms with Gasteiger partial charge in [0.25, 0.3) is 0 Å². The third-order valence-corrected chi connectivity index (χ3v) is 5.63. The van der Waals surface area contributed by atoms with E-state index in [0.717, 1.165) is 0 Å². The quantitative estimate of drug-likeness (QED) is 0.607. The van der Waals surface area contributed by atoms with Gasteiger partial charge in [-0.2, -0.15) is 0 Å². The zero-order valence-corrected chi connectivity index (χ0v) is 9.84. The molecule has 1 N–H and O–H groups in total. The van der Waals surface area contributed by atoms with Gasteiger partial charge in [-0.15, -0.1) is 0 Å². The molecule has 0 aromatic heterocycles. The van der Waals surface area contributed by atoms with Crippen LogP contribution in [0.25, 0.3) is 0 Å². The molecule has 0 aromatic rings. The van der Waals surface area contributed by atoms with Crippen molar-refractivity contribution in [3.05, 3.63) is 0 Å². The summed E-state index contributed by atoms with van der Waals surface area (Å²) < 4.78 is 20.3. The summed E-state index contributed by atoms with van der Waals surface area (Å²) >= 11 is 3.08. The third kappa shape index (κ3) is 2.82. The van der Waals surface area contributed by atoms with Crippen molar-refractivity contribution in [2.24, 2.45) is 0 Å². The Hall–Kier alpha value is 0.590. The summed E-state index contributed by atoms with van der Waals surface area (Å²) in [6.45, 7) is 1.79. The molecule has 0 bridgehead atoms. The number of alkyl halides is 1. The summed E-state index contributed by atoms with van der Waals surface area (Å²) in [7, 11) is -0.593. The number of hydrogen-bond donors (Lipinski definition) is 1. The van der Waals surface area contributed by atoms with Gasteiger partial charge in [-0.05, 0) is 6.42 Å². The van der Waals surface area contributed by atoms with E-state index < -0.39 is 18.3 Å². The van der Waals surface area contributed by atoms with Gasteiger partial charge in [-0.1, -0.05) is 22.9 Å². The molecule has 0 amide bonds. The topological polar surface area (TPSA) is 55.8 Å². The standard InChI is InChI=1S/C6H14BrO4P/c1-4-5(8)6(7)12(9,10-2)11-3/h5-6,8H,4H2,1-3H3. The largest absolute Gasteiger partial charge is 0.391 e. The normalized spacial score (nSPS) is 17.4. The smallest absolute Gasteiger partial charge is 0.346 e. The van der Waals surface area contributed by atoms with Crippen molar-refractivity contribution in [2.75, 3.05) is 14.2 Å². The first-order valence-corrected chi connectivity index (χ1v) is 6.08. The summed E-state index contributed by atoms with van der Waals surface area (Å²) in [5.74, 6) is 0. The Morgan fingerprint density at radius 2 is 1.92 bits per heavy atom. The van der Waals surface area contributed by atoms with E-state index in [2.05, 4.69) is 15.9 Å². The van der Waals surface area contributed by atoms with E-state index in [4.69, 9.17) is 9.05 Å². The number of aliphatic hydroxyl groups is 1. The molecule has 0 aliphatic rings. The molecule has 6 heteroatoms. The van der Waals surface area contributed by atoms with Crippen LogP contribution in [0.1, 0.15) is 13.3 Å². The minimum Gasteiger partial charge on any atom is -0.391 e. The number of rotatable bonds is 5. The highest BCUT2D eigenvalue weighted by Gasteiger charge is 2.36. The molecule has 0 aliphatic heterocycles. The van der Waals surface area contributed by atoms with E-state index in [-0.39, 0.29) is 0 Å². The third-order valence-electron chi connectivity index (χ3n) is 1.55. The maximum Gasteiger partial charge on any atom is 0.346 e. The van der Waals surface area contributed by atoms with Crippen LogP contribution >= 0.6 is 23.5 Å². The Labute approximate surface area is 80.9 Å². The van der Waals surface area contributed by atoms with Crippen molar-refractivity contribution in [3.63, 3.8) is 0 Å². The van der Waals surface area contributed by atoms with Crippen LogP contribution in [0, 0.1) is 0 Å². The molecule has 0 fully saturated rings. The SMILES string of the molecule is CCC(O)C(Br)P(=O)(OC)OC. The molecule has 0 aliphatic carbocycles. The maximum absolute atomic E-state index is 11.6. The first-order valence-electron chi connectivity index (χ1n) is 3.55. The lowest BCUT2D eigenvalue weighted by Crippen LogP contribution is -2.20. The summed E-state index contributed by atoms with van der Waals surface area (Å²) in [5.41, 5.74) is 0. The lowest BCUT2D eigenvalue weighted by atomic mass is 10.3. The summed E-state index contributed by atoms with van der Waals surface area (Å²) in [6.07, 6.45) is -0.233. The molecule has 0 saturated carbocycles. The highest BCUT2D eigenvalue weighted by molar-refractivity contribution is 9.10. The monoisotopic (exact) mass is 260 g/mol. The fraction of sp³-hybridized carbons (Fsp3) is 1.00. The molecule has 2 atom stereocenters. The van der Waals surface area contributed by atoms with Gasteiger partial charge in [0.05, 0.1) is 6.10 Å². The van der Waals surface area contributed by atoms with Crippen molar-refractivity contribution in [2.45, 2.75) is 24.0 Å². The van der Waals surface area contributed by atoms with E-state index in [1.807, 2.05) is 0 Å². The molecule has 0 rings (SSSR count). The lowest BCUT2D eigenvalue weighted by Gasteiger charge is -2.22. The van der Waals surface area contributed by atoms with E-state index in [0.29, 0.717) is 6.42 Å². The minimum absolute atomic E-state index is 0.493. The average molecular weight is 261 g/mol.